The molecule has 1 aliphatic rings. The van der Waals surface area contributed by atoms with Gasteiger partial charge in [0.15, 0.2) is 9.84 Å². The van der Waals surface area contributed by atoms with E-state index in [0.717, 1.165) is 11.3 Å². The fourth-order valence-electron chi connectivity index (χ4n) is 3.49. The Kier molecular flexibility index (Phi) is 5.18. The highest BCUT2D eigenvalue weighted by Gasteiger charge is 2.34. The number of aromatic nitrogens is 2. The molecule has 1 atom stereocenters. The summed E-state index contributed by atoms with van der Waals surface area (Å²) in [6.07, 6.45) is 2.11. The van der Waals surface area contributed by atoms with Gasteiger partial charge in [-0.1, -0.05) is 44.2 Å². The normalized spacial score (nSPS) is 19.0. The number of carbonyl (C=O) groups excluding carboxylic acids is 1. The summed E-state index contributed by atoms with van der Waals surface area (Å²) in [5, 5.41) is 4.44. The Bertz CT molecular complexity index is 888. The smallest absolute Gasteiger partial charge is 0.257 e. The average molecular weight is 375 g/mol. The van der Waals surface area contributed by atoms with Gasteiger partial charge in [-0.05, 0) is 17.9 Å². The summed E-state index contributed by atoms with van der Waals surface area (Å²) in [5.41, 5.74) is 2.56. The molecule has 0 aliphatic carbocycles. The van der Waals surface area contributed by atoms with E-state index < -0.39 is 9.84 Å². The molecule has 2 aromatic rings. The monoisotopic (exact) mass is 375 g/mol. The van der Waals surface area contributed by atoms with Crippen LogP contribution >= 0.6 is 0 Å². The van der Waals surface area contributed by atoms with Gasteiger partial charge >= 0.3 is 0 Å². The van der Waals surface area contributed by atoms with Gasteiger partial charge in [-0.15, -0.1) is 0 Å². The molecule has 1 amide bonds. The Morgan fingerprint density at radius 1 is 1.31 bits per heavy atom. The summed E-state index contributed by atoms with van der Waals surface area (Å²) in [6, 6.07) is 9.73. The predicted octanol–water partition coefficient (Wildman–Crippen LogP) is 2.31. The lowest BCUT2D eigenvalue weighted by molar-refractivity contribution is 0.0746. The Morgan fingerprint density at radius 2 is 2.00 bits per heavy atom. The van der Waals surface area contributed by atoms with Gasteiger partial charge in [-0.3, -0.25) is 9.48 Å². The molecule has 7 heteroatoms. The highest BCUT2D eigenvalue weighted by molar-refractivity contribution is 7.91. The molecule has 0 bridgehead atoms. The van der Waals surface area contributed by atoms with E-state index in [2.05, 4.69) is 5.10 Å². The summed E-state index contributed by atoms with van der Waals surface area (Å²) >= 11 is 0. The van der Waals surface area contributed by atoms with E-state index in [-0.39, 0.29) is 29.4 Å². The molecule has 140 valence electrons. The summed E-state index contributed by atoms with van der Waals surface area (Å²) in [5.74, 6) is 0.167. The first kappa shape index (κ1) is 18.6. The predicted molar refractivity (Wildman–Crippen MR) is 101 cm³/mol. The number of carbonyl (C=O) groups is 1. The van der Waals surface area contributed by atoms with E-state index in [4.69, 9.17) is 0 Å². The van der Waals surface area contributed by atoms with Crippen molar-refractivity contribution in [1.29, 1.82) is 0 Å². The number of benzene rings is 1. The maximum absolute atomic E-state index is 13.0. The van der Waals surface area contributed by atoms with Crippen molar-refractivity contribution < 1.29 is 13.2 Å². The largest absolute Gasteiger partial charge is 0.338 e. The third-order valence-electron chi connectivity index (χ3n) is 4.91. The van der Waals surface area contributed by atoms with Gasteiger partial charge in [0, 0.05) is 13.1 Å². The van der Waals surface area contributed by atoms with Crippen molar-refractivity contribution >= 4 is 15.7 Å². The second kappa shape index (κ2) is 7.23. The molecule has 0 unspecified atom stereocenters. The van der Waals surface area contributed by atoms with Crippen LogP contribution in [0.2, 0.25) is 0 Å². The fourth-order valence-corrected chi connectivity index (χ4v) is 5.26. The molecule has 3 rings (SSSR count). The third-order valence-corrected chi connectivity index (χ3v) is 6.66. The number of rotatable bonds is 5. The van der Waals surface area contributed by atoms with Crippen molar-refractivity contribution in [1.82, 2.24) is 14.7 Å². The van der Waals surface area contributed by atoms with Crippen molar-refractivity contribution in [3.63, 3.8) is 0 Å². The number of sulfone groups is 1. The van der Waals surface area contributed by atoms with E-state index in [0.29, 0.717) is 18.5 Å². The maximum atomic E-state index is 13.0. The van der Waals surface area contributed by atoms with Crippen molar-refractivity contribution in [2.24, 2.45) is 0 Å². The molecule has 1 fully saturated rings. The summed E-state index contributed by atoms with van der Waals surface area (Å²) in [6.45, 7) is 4.67. The average Bonchev–Trinajstić information content (AvgIpc) is 3.17. The zero-order valence-electron chi connectivity index (χ0n) is 15.4. The number of hydrogen-bond acceptors (Lipinski definition) is 4. The van der Waals surface area contributed by atoms with Crippen LogP contribution in [0.5, 0.6) is 0 Å². The van der Waals surface area contributed by atoms with Crippen LogP contribution in [0.15, 0.2) is 36.5 Å². The standard InChI is InChI=1S/C19H25N3O3S/c1-14(2)18-17(11-20-22(18)12-15-7-5-4-6-8-15)19(23)21(3)16-9-10-26(24,25)13-16/h4-8,11,14,16H,9-10,12-13H2,1-3H3/t16-/m1/s1. The molecular weight excluding hydrogens is 350 g/mol. The van der Waals surface area contributed by atoms with Crippen LogP contribution < -0.4 is 0 Å². The fraction of sp³-hybridized carbons (Fsp3) is 0.474. The van der Waals surface area contributed by atoms with Gasteiger partial charge in [0.1, 0.15) is 0 Å². The van der Waals surface area contributed by atoms with Crippen molar-refractivity contribution in [3.8, 4) is 0 Å². The molecule has 0 spiro atoms. The Hall–Kier alpha value is -2.15. The van der Waals surface area contributed by atoms with Gasteiger partial charge in [0.05, 0.1) is 35.5 Å². The van der Waals surface area contributed by atoms with Crippen LogP contribution in [0.25, 0.3) is 0 Å². The molecule has 0 N–H and O–H groups in total. The zero-order chi connectivity index (χ0) is 18.9. The van der Waals surface area contributed by atoms with Crippen LogP contribution in [0, 0.1) is 0 Å². The number of hydrogen-bond donors (Lipinski definition) is 0. The molecule has 1 aliphatic heterocycles. The number of nitrogens with zero attached hydrogens (tertiary/aromatic N) is 3. The van der Waals surface area contributed by atoms with Crippen molar-refractivity contribution in [2.75, 3.05) is 18.6 Å². The van der Waals surface area contributed by atoms with E-state index in [1.165, 1.54) is 0 Å². The molecule has 0 radical (unpaired) electrons. The first-order valence-electron chi connectivity index (χ1n) is 8.85. The molecule has 1 saturated heterocycles. The molecule has 1 aromatic heterocycles. The molecule has 0 saturated carbocycles. The summed E-state index contributed by atoms with van der Waals surface area (Å²) < 4.78 is 25.3. The highest BCUT2D eigenvalue weighted by Crippen LogP contribution is 2.24. The Morgan fingerprint density at radius 3 is 2.58 bits per heavy atom. The van der Waals surface area contributed by atoms with Crippen molar-refractivity contribution in [2.45, 2.75) is 38.8 Å². The lowest BCUT2D eigenvalue weighted by Crippen LogP contribution is -2.38. The summed E-state index contributed by atoms with van der Waals surface area (Å²) in [4.78, 5) is 14.6. The molecule has 1 aromatic carbocycles. The molecular formula is C19H25N3O3S. The van der Waals surface area contributed by atoms with Gasteiger partial charge < -0.3 is 4.90 Å². The van der Waals surface area contributed by atoms with Crippen LogP contribution in [-0.4, -0.2) is 53.6 Å². The lowest BCUT2D eigenvalue weighted by Gasteiger charge is -2.24. The second-order valence-corrected chi connectivity index (χ2v) is 9.44. The van der Waals surface area contributed by atoms with Crippen LogP contribution in [0.3, 0.4) is 0 Å². The topological polar surface area (TPSA) is 72.3 Å². The van der Waals surface area contributed by atoms with Gasteiger partial charge in [0.25, 0.3) is 5.91 Å². The Labute approximate surface area is 154 Å². The summed E-state index contributed by atoms with van der Waals surface area (Å²) in [7, 11) is -1.35. The minimum Gasteiger partial charge on any atom is -0.338 e. The second-order valence-electron chi connectivity index (χ2n) is 7.21. The molecule has 2 heterocycles. The van der Waals surface area contributed by atoms with E-state index >= 15 is 0 Å². The SMILES string of the molecule is CC(C)c1c(C(=O)N(C)[C@@H]2CCS(=O)(=O)C2)cnn1Cc1ccccc1. The van der Waals surface area contributed by atoms with Crippen molar-refractivity contribution in [3.05, 3.63) is 53.3 Å². The van der Waals surface area contributed by atoms with Crippen LogP contribution in [0.1, 0.15) is 47.8 Å². The van der Waals surface area contributed by atoms with E-state index in [1.54, 1.807) is 18.1 Å². The Balaban J connectivity index is 1.86. The molecule has 26 heavy (non-hydrogen) atoms. The maximum Gasteiger partial charge on any atom is 0.257 e. The quantitative estimate of drug-likeness (QED) is 0.804. The van der Waals surface area contributed by atoms with E-state index in [9.17, 15) is 13.2 Å². The van der Waals surface area contributed by atoms with Gasteiger partial charge in [0.2, 0.25) is 0 Å². The van der Waals surface area contributed by atoms with Gasteiger partial charge in [-0.25, -0.2) is 8.42 Å². The molecule has 6 nitrogen and oxygen atoms in total. The first-order valence-corrected chi connectivity index (χ1v) is 10.7. The van der Waals surface area contributed by atoms with E-state index in [1.807, 2.05) is 48.9 Å². The van der Waals surface area contributed by atoms with Crippen LogP contribution in [0.4, 0.5) is 0 Å². The third kappa shape index (κ3) is 3.82. The minimum absolute atomic E-state index is 0.0460. The lowest BCUT2D eigenvalue weighted by atomic mass is 10.0. The first-order chi connectivity index (χ1) is 12.3. The number of amides is 1. The zero-order valence-corrected chi connectivity index (χ0v) is 16.2. The minimum atomic E-state index is -3.03. The van der Waals surface area contributed by atoms with Gasteiger partial charge in [-0.2, -0.15) is 5.10 Å². The highest BCUT2D eigenvalue weighted by atomic mass is 32.2. The van der Waals surface area contributed by atoms with Crippen LogP contribution in [-0.2, 0) is 16.4 Å².